The average Bonchev–Trinajstić information content (AvgIpc) is 2.90. The molecule has 0 spiro atoms. The molecular weight excluding hydrogens is 382 g/mol. The van der Waals surface area contributed by atoms with Crippen LogP contribution in [0.5, 0.6) is 0 Å². The molecule has 0 saturated heterocycles. The summed E-state index contributed by atoms with van der Waals surface area (Å²) < 4.78 is 27.1. The fourth-order valence-corrected chi connectivity index (χ4v) is 4.13. The number of fused-ring (bicyclic) bond motifs is 1. The molecule has 0 saturated carbocycles. The molecule has 0 fully saturated rings. The van der Waals surface area contributed by atoms with Gasteiger partial charge in [0.15, 0.2) is 0 Å². The van der Waals surface area contributed by atoms with Gasteiger partial charge >= 0.3 is 0 Å². The van der Waals surface area contributed by atoms with E-state index >= 15 is 0 Å². The first kappa shape index (κ1) is 19.7. The second-order valence-corrected chi connectivity index (χ2v) is 8.40. The van der Waals surface area contributed by atoms with Gasteiger partial charge in [0.25, 0.3) is 11.8 Å². The molecule has 8 nitrogen and oxygen atoms in total. The van der Waals surface area contributed by atoms with Crippen LogP contribution < -0.4 is 15.4 Å². The lowest BCUT2D eigenvalue weighted by Crippen LogP contribution is -2.33. The summed E-state index contributed by atoms with van der Waals surface area (Å²) in [7, 11) is -4.04. The first-order valence-electron chi connectivity index (χ1n) is 8.45. The highest BCUT2D eigenvalue weighted by atomic mass is 32.2. The number of amides is 3. The van der Waals surface area contributed by atoms with Gasteiger partial charge in [0, 0.05) is 5.69 Å². The SMILES string of the molecule is Cc1cc(C)c(NC(=O)CNS(=O)(=O)c2ccc3c(c2)C(=O)NC3=O)c(C)c1. The first-order chi connectivity index (χ1) is 13.1. The Morgan fingerprint density at radius 1 is 0.964 bits per heavy atom. The predicted molar refractivity (Wildman–Crippen MR) is 103 cm³/mol. The highest BCUT2D eigenvalue weighted by Gasteiger charge is 2.28. The average molecular weight is 401 g/mol. The number of hydrogen-bond donors (Lipinski definition) is 3. The van der Waals surface area contributed by atoms with Crippen LogP contribution in [0.25, 0.3) is 0 Å². The van der Waals surface area contributed by atoms with Gasteiger partial charge in [0.05, 0.1) is 22.6 Å². The molecule has 0 aromatic heterocycles. The number of hydrogen-bond acceptors (Lipinski definition) is 5. The van der Waals surface area contributed by atoms with Crippen LogP contribution in [0.1, 0.15) is 37.4 Å². The minimum Gasteiger partial charge on any atom is -0.324 e. The molecule has 0 radical (unpaired) electrons. The highest BCUT2D eigenvalue weighted by molar-refractivity contribution is 7.89. The van der Waals surface area contributed by atoms with Crippen molar-refractivity contribution >= 4 is 33.4 Å². The lowest BCUT2D eigenvalue weighted by atomic mass is 10.1. The molecular formula is C19H19N3O5S. The van der Waals surface area contributed by atoms with E-state index in [0.717, 1.165) is 22.8 Å². The number of carbonyl (C=O) groups excluding carboxylic acids is 3. The number of anilines is 1. The molecule has 0 aliphatic carbocycles. The largest absolute Gasteiger partial charge is 0.324 e. The monoisotopic (exact) mass is 401 g/mol. The summed E-state index contributed by atoms with van der Waals surface area (Å²) in [6.45, 7) is 5.19. The molecule has 2 aromatic carbocycles. The van der Waals surface area contributed by atoms with E-state index in [1.807, 2.05) is 32.9 Å². The van der Waals surface area contributed by atoms with Gasteiger partial charge in [-0.3, -0.25) is 19.7 Å². The number of benzene rings is 2. The molecule has 3 N–H and O–H groups in total. The van der Waals surface area contributed by atoms with Gasteiger partial charge in [-0.15, -0.1) is 0 Å². The topological polar surface area (TPSA) is 121 Å². The van der Waals surface area contributed by atoms with Gasteiger partial charge < -0.3 is 5.32 Å². The number of carbonyl (C=O) groups is 3. The Labute approximate surface area is 162 Å². The zero-order valence-electron chi connectivity index (χ0n) is 15.5. The van der Waals surface area contributed by atoms with Crippen molar-refractivity contribution in [1.29, 1.82) is 0 Å². The number of nitrogens with one attached hydrogen (secondary N) is 3. The van der Waals surface area contributed by atoms with E-state index in [1.54, 1.807) is 0 Å². The molecule has 1 aliphatic heterocycles. The summed E-state index contributed by atoms with van der Waals surface area (Å²) in [5.41, 5.74) is 3.57. The normalized spacial score (nSPS) is 13.2. The van der Waals surface area contributed by atoms with Crippen LogP contribution in [0, 0.1) is 20.8 Å². The standard InChI is InChI=1S/C19H19N3O5S/c1-10-6-11(2)17(12(3)7-10)21-16(23)9-20-28(26,27)13-4-5-14-15(8-13)19(25)22-18(14)24/h4-8,20H,9H2,1-3H3,(H,21,23)(H,22,24,25). The van der Waals surface area contributed by atoms with Crippen LogP contribution in [0.15, 0.2) is 35.2 Å². The molecule has 2 aromatic rings. The molecule has 9 heteroatoms. The minimum absolute atomic E-state index is 0.0109. The van der Waals surface area contributed by atoms with Crippen LogP contribution in [0.2, 0.25) is 0 Å². The predicted octanol–water partition coefficient (Wildman–Crippen LogP) is 1.41. The highest BCUT2D eigenvalue weighted by Crippen LogP contribution is 2.22. The van der Waals surface area contributed by atoms with Gasteiger partial charge in [0.1, 0.15) is 0 Å². The lowest BCUT2D eigenvalue weighted by Gasteiger charge is -2.13. The van der Waals surface area contributed by atoms with Gasteiger partial charge in [-0.2, -0.15) is 0 Å². The summed E-state index contributed by atoms with van der Waals surface area (Å²) in [5.74, 6) is -1.74. The minimum atomic E-state index is -4.04. The Kier molecular flexibility index (Phi) is 5.05. The molecule has 0 atom stereocenters. The van der Waals surface area contributed by atoms with Gasteiger partial charge in [-0.1, -0.05) is 17.7 Å². The molecule has 1 heterocycles. The first-order valence-corrected chi connectivity index (χ1v) is 9.94. The van der Waals surface area contributed by atoms with Crippen molar-refractivity contribution < 1.29 is 22.8 Å². The Balaban J connectivity index is 1.72. The maximum atomic E-state index is 12.4. The number of aryl methyl sites for hydroxylation is 3. The third-order valence-corrected chi connectivity index (χ3v) is 5.78. The van der Waals surface area contributed by atoms with E-state index in [0.29, 0.717) is 5.69 Å². The second kappa shape index (κ2) is 7.17. The van der Waals surface area contributed by atoms with Crippen LogP contribution >= 0.6 is 0 Å². The Hall–Kier alpha value is -3.04. The summed E-state index contributed by atoms with van der Waals surface area (Å²) in [6.07, 6.45) is 0. The smallest absolute Gasteiger partial charge is 0.258 e. The van der Waals surface area contributed by atoms with Gasteiger partial charge in [0.2, 0.25) is 15.9 Å². The number of sulfonamides is 1. The number of imide groups is 1. The molecule has 3 rings (SSSR count). The second-order valence-electron chi connectivity index (χ2n) is 6.64. The van der Waals surface area contributed by atoms with E-state index in [4.69, 9.17) is 0 Å². The molecule has 1 aliphatic rings. The van der Waals surface area contributed by atoms with Gasteiger partial charge in [-0.05, 0) is 50.1 Å². The number of rotatable bonds is 5. The molecule has 28 heavy (non-hydrogen) atoms. The van der Waals surface area contributed by atoms with Crippen molar-refractivity contribution in [2.75, 3.05) is 11.9 Å². The Morgan fingerprint density at radius 2 is 1.57 bits per heavy atom. The zero-order valence-corrected chi connectivity index (χ0v) is 16.4. The maximum absolute atomic E-state index is 12.4. The van der Waals surface area contributed by atoms with Crippen LogP contribution in [0.3, 0.4) is 0 Å². The fraction of sp³-hybridized carbons (Fsp3) is 0.211. The van der Waals surface area contributed by atoms with Crippen molar-refractivity contribution in [1.82, 2.24) is 10.0 Å². The van der Waals surface area contributed by atoms with Crippen molar-refractivity contribution in [3.63, 3.8) is 0 Å². The van der Waals surface area contributed by atoms with Crippen molar-refractivity contribution in [2.45, 2.75) is 25.7 Å². The van der Waals surface area contributed by atoms with E-state index in [9.17, 15) is 22.8 Å². The molecule has 0 bridgehead atoms. The van der Waals surface area contributed by atoms with E-state index in [-0.39, 0.29) is 16.0 Å². The molecule has 146 valence electrons. The summed E-state index contributed by atoms with van der Waals surface area (Å²) >= 11 is 0. The van der Waals surface area contributed by atoms with Crippen LogP contribution in [-0.4, -0.2) is 32.7 Å². The molecule has 0 unspecified atom stereocenters. The van der Waals surface area contributed by atoms with Crippen LogP contribution in [-0.2, 0) is 14.8 Å². The lowest BCUT2D eigenvalue weighted by molar-refractivity contribution is -0.115. The summed E-state index contributed by atoms with van der Waals surface area (Å²) in [5, 5.41) is 4.81. The van der Waals surface area contributed by atoms with Crippen LogP contribution in [0.4, 0.5) is 5.69 Å². The Bertz CT molecular complexity index is 1100. The van der Waals surface area contributed by atoms with Crippen molar-refractivity contribution in [2.24, 2.45) is 0 Å². The fourth-order valence-electron chi connectivity index (χ4n) is 3.12. The van der Waals surface area contributed by atoms with E-state index in [2.05, 4.69) is 15.4 Å². The van der Waals surface area contributed by atoms with Crippen molar-refractivity contribution in [3.8, 4) is 0 Å². The third-order valence-electron chi connectivity index (χ3n) is 4.38. The maximum Gasteiger partial charge on any atom is 0.258 e. The van der Waals surface area contributed by atoms with E-state index in [1.165, 1.54) is 12.1 Å². The molecule has 3 amide bonds. The Morgan fingerprint density at radius 3 is 2.21 bits per heavy atom. The van der Waals surface area contributed by atoms with Crippen molar-refractivity contribution in [3.05, 3.63) is 58.1 Å². The summed E-state index contributed by atoms with van der Waals surface area (Å²) in [4.78, 5) is 35.3. The third kappa shape index (κ3) is 3.80. The zero-order chi connectivity index (χ0) is 20.6. The van der Waals surface area contributed by atoms with Gasteiger partial charge in [-0.25, -0.2) is 13.1 Å². The quantitative estimate of drug-likeness (QED) is 0.654. The van der Waals surface area contributed by atoms with E-state index < -0.39 is 34.3 Å². The summed E-state index contributed by atoms with van der Waals surface area (Å²) in [6, 6.07) is 7.44.